The van der Waals surface area contributed by atoms with Crippen molar-refractivity contribution in [2.75, 3.05) is 9.80 Å². The fourth-order valence-electron chi connectivity index (χ4n) is 7.64. The van der Waals surface area contributed by atoms with Crippen LogP contribution >= 0.6 is 0 Å². The maximum atomic E-state index is 2.40. The minimum Gasteiger partial charge on any atom is -0.311 e. The van der Waals surface area contributed by atoms with Crippen molar-refractivity contribution in [3.63, 3.8) is 0 Å². The molecule has 0 amide bonds. The van der Waals surface area contributed by atoms with Gasteiger partial charge in [-0.2, -0.15) is 0 Å². The van der Waals surface area contributed by atoms with Crippen LogP contribution in [0.5, 0.6) is 0 Å². The second kappa shape index (κ2) is 17.4. The molecule has 0 aliphatic rings. The molecule has 8 aromatic rings. The fraction of sp³-hybridized carbons (Fsp3) is 0.107. The summed E-state index contributed by atoms with van der Waals surface area (Å²) in [5.74, 6) is 0. The Balaban J connectivity index is 0.952. The van der Waals surface area contributed by atoms with Gasteiger partial charge in [-0.1, -0.05) is 195 Å². The molecular formula is C56H54N2Si2. The molecule has 8 aromatic carbocycles. The zero-order chi connectivity index (χ0) is 41.7. The highest BCUT2D eigenvalue weighted by Gasteiger charge is 2.21. The fourth-order valence-corrected chi connectivity index (χ4v) is 10.00. The van der Waals surface area contributed by atoms with Crippen molar-refractivity contribution in [2.24, 2.45) is 0 Å². The van der Waals surface area contributed by atoms with E-state index in [9.17, 15) is 0 Å². The highest BCUT2D eigenvalue weighted by Crippen LogP contribution is 2.37. The number of rotatable bonds is 12. The lowest BCUT2D eigenvalue weighted by Crippen LogP contribution is -2.37. The SMILES string of the molecule is C[Si](C)(C)c1cccc(N(c2ccccc2)c2ccc(-c3ccc(/C=C/c4ccc(-c5ccc(N(c6ccccc6)c6cccc([Si](C)(C)C)c6)cc5)cc4)cc3)cc2)c1. The van der Waals surface area contributed by atoms with E-state index in [1.54, 1.807) is 0 Å². The largest absolute Gasteiger partial charge is 0.311 e. The van der Waals surface area contributed by atoms with E-state index in [1.807, 2.05) is 0 Å². The molecule has 60 heavy (non-hydrogen) atoms. The number of benzene rings is 8. The van der Waals surface area contributed by atoms with Crippen LogP contribution in [-0.4, -0.2) is 16.1 Å². The Morgan fingerprint density at radius 2 is 0.567 bits per heavy atom. The monoisotopic (exact) mass is 810 g/mol. The third-order valence-electron chi connectivity index (χ3n) is 11.2. The molecule has 0 N–H and O–H groups in total. The Labute approximate surface area is 359 Å². The predicted octanol–water partition coefficient (Wildman–Crippen LogP) is 15.2. The van der Waals surface area contributed by atoms with Crippen molar-refractivity contribution in [3.05, 3.63) is 217 Å². The Morgan fingerprint density at radius 1 is 0.283 bits per heavy atom. The zero-order valence-corrected chi connectivity index (χ0v) is 37.7. The Kier molecular flexibility index (Phi) is 11.7. The number of anilines is 6. The maximum absolute atomic E-state index is 2.40. The van der Waals surface area contributed by atoms with Crippen molar-refractivity contribution in [2.45, 2.75) is 39.3 Å². The topological polar surface area (TPSA) is 6.48 Å². The molecule has 2 nitrogen and oxygen atoms in total. The first-order valence-corrected chi connectivity index (χ1v) is 28.0. The summed E-state index contributed by atoms with van der Waals surface area (Å²) < 4.78 is 0. The number of hydrogen-bond acceptors (Lipinski definition) is 2. The number of para-hydroxylation sites is 2. The molecule has 0 aliphatic carbocycles. The van der Waals surface area contributed by atoms with E-state index in [-0.39, 0.29) is 0 Å². The zero-order valence-electron chi connectivity index (χ0n) is 35.7. The Bertz CT molecular complexity index is 2480. The molecule has 296 valence electrons. The summed E-state index contributed by atoms with van der Waals surface area (Å²) in [6.07, 6.45) is 4.39. The summed E-state index contributed by atoms with van der Waals surface area (Å²) in [4.78, 5) is 4.72. The molecular weight excluding hydrogens is 757 g/mol. The van der Waals surface area contributed by atoms with E-state index in [1.165, 1.54) is 55.1 Å². The van der Waals surface area contributed by atoms with E-state index in [0.29, 0.717) is 0 Å². The van der Waals surface area contributed by atoms with Crippen LogP contribution in [0.2, 0.25) is 39.3 Å². The van der Waals surface area contributed by atoms with Crippen molar-refractivity contribution in [1.29, 1.82) is 0 Å². The summed E-state index contributed by atoms with van der Waals surface area (Å²) >= 11 is 0. The van der Waals surface area contributed by atoms with Gasteiger partial charge in [-0.05, 0) is 106 Å². The molecule has 4 heteroatoms. The van der Waals surface area contributed by atoms with Gasteiger partial charge in [0.1, 0.15) is 0 Å². The summed E-state index contributed by atoms with van der Waals surface area (Å²) in [5, 5.41) is 2.91. The molecule has 0 fully saturated rings. The first kappa shape index (κ1) is 40.3. The molecule has 0 bridgehead atoms. The van der Waals surface area contributed by atoms with E-state index in [4.69, 9.17) is 0 Å². The van der Waals surface area contributed by atoms with E-state index in [0.717, 1.165) is 22.7 Å². The van der Waals surface area contributed by atoms with E-state index < -0.39 is 16.1 Å². The first-order valence-electron chi connectivity index (χ1n) is 21.0. The summed E-state index contributed by atoms with van der Waals surface area (Å²) in [7, 11) is -2.94. The van der Waals surface area contributed by atoms with Gasteiger partial charge in [-0.15, -0.1) is 0 Å². The van der Waals surface area contributed by atoms with Gasteiger partial charge in [-0.25, -0.2) is 0 Å². The molecule has 0 heterocycles. The average Bonchev–Trinajstić information content (AvgIpc) is 3.27. The van der Waals surface area contributed by atoms with Crippen LogP contribution in [0.3, 0.4) is 0 Å². The van der Waals surface area contributed by atoms with Crippen molar-refractivity contribution >= 4 is 72.8 Å². The molecule has 0 spiro atoms. The van der Waals surface area contributed by atoms with Gasteiger partial charge < -0.3 is 9.80 Å². The standard InChI is InChI=1S/C56H54N2Si2/c1-59(2,3)55-21-13-19-53(41-55)57(49-15-9-7-10-16-49)51-37-33-47(34-38-51)45-29-25-43(26-30-45)23-24-44-27-31-46(32-28-44)48-35-39-52(40-36-48)58(50-17-11-8-12-18-50)54-20-14-22-56(42-54)60(4,5)6/h7-42H,1-6H3/b24-23+. The third-order valence-corrected chi connectivity index (χ3v) is 15.3. The van der Waals surface area contributed by atoms with Gasteiger partial charge in [0.05, 0.1) is 16.1 Å². The molecule has 0 radical (unpaired) electrons. The minimum absolute atomic E-state index is 1.15. The minimum atomic E-state index is -1.47. The highest BCUT2D eigenvalue weighted by atomic mass is 28.3. The average molecular weight is 811 g/mol. The lowest BCUT2D eigenvalue weighted by molar-refractivity contribution is 1.29. The predicted molar refractivity (Wildman–Crippen MR) is 268 cm³/mol. The molecule has 0 saturated heterocycles. The molecule has 8 rings (SSSR count). The molecule has 0 saturated carbocycles. The molecule has 0 aliphatic heterocycles. The molecule has 0 unspecified atom stereocenters. The lowest BCUT2D eigenvalue weighted by Gasteiger charge is -2.27. The normalized spacial score (nSPS) is 11.8. The van der Waals surface area contributed by atoms with Crippen molar-refractivity contribution in [1.82, 2.24) is 0 Å². The van der Waals surface area contributed by atoms with Crippen LogP contribution in [0.15, 0.2) is 206 Å². The van der Waals surface area contributed by atoms with Crippen LogP contribution in [0.25, 0.3) is 34.4 Å². The summed E-state index contributed by atoms with van der Waals surface area (Å²) in [5.41, 5.74) is 14.1. The van der Waals surface area contributed by atoms with Crippen LogP contribution in [0.1, 0.15) is 11.1 Å². The van der Waals surface area contributed by atoms with Crippen LogP contribution < -0.4 is 20.2 Å². The maximum Gasteiger partial charge on any atom is 0.0776 e. The highest BCUT2D eigenvalue weighted by molar-refractivity contribution is 6.89. The van der Waals surface area contributed by atoms with Gasteiger partial charge in [0.2, 0.25) is 0 Å². The van der Waals surface area contributed by atoms with Gasteiger partial charge in [-0.3, -0.25) is 0 Å². The molecule has 0 aromatic heterocycles. The number of hydrogen-bond donors (Lipinski definition) is 0. The van der Waals surface area contributed by atoms with Gasteiger partial charge in [0.25, 0.3) is 0 Å². The van der Waals surface area contributed by atoms with Gasteiger partial charge in [0.15, 0.2) is 0 Å². The number of nitrogens with zero attached hydrogens (tertiary/aromatic N) is 2. The quantitative estimate of drug-likeness (QED) is 0.0896. The van der Waals surface area contributed by atoms with Crippen molar-refractivity contribution in [3.8, 4) is 22.3 Å². The summed E-state index contributed by atoms with van der Waals surface area (Å²) in [6.45, 7) is 14.4. The van der Waals surface area contributed by atoms with E-state index in [2.05, 4.69) is 267 Å². The second-order valence-corrected chi connectivity index (χ2v) is 27.8. The van der Waals surface area contributed by atoms with E-state index >= 15 is 0 Å². The second-order valence-electron chi connectivity index (χ2n) is 17.6. The molecule has 0 atom stereocenters. The van der Waals surface area contributed by atoms with Crippen molar-refractivity contribution < 1.29 is 0 Å². The third kappa shape index (κ3) is 9.37. The Morgan fingerprint density at radius 3 is 0.883 bits per heavy atom. The Hall–Kier alpha value is -6.47. The van der Waals surface area contributed by atoms with Crippen LogP contribution in [-0.2, 0) is 0 Å². The summed E-state index contributed by atoms with van der Waals surface area (Å²) in [6, 6.07) is 75.1. The van der Waals surface area contributed by atoms with Crippen LogP contribution in [0.4, 0.5) is 34.1 Å². The first-order chi connectivity index (χ1) is 29.0. The van der Waals surface area contributed by atoms with Gasteiger partial charge >= 0.3 is 0 Å². The lowest BCUT2D eigenvalue weighted by atomic mass is 10.0. The van der Waals surface area contributed by atoms with Crippen LogP contribution in [0, 0.1) is 0 Å². The smallest absolute Gasteiger partial charge is 0.0776 e. The van der Waals surface area contributed by atoms with Gasteiger partial charge in [0, 0.05) is 34.1 Å².